The minimum Gasteiger partial charge on any atom is -0.344 e. The molecule has 1 fully saturated rings. The van der Waals surface area contributed by atoms with Crippen molar-refractivity contribution in [1.29, 1.82) is 0 Å². The minimum absolute atomic E-state index is 0.246. The molecule has 14 heavy (non-hydrogen) atoms. The van der Waals surface area contributed by atoms with E-state index in [0.29, 0.717) is 0 Å². The van der Waals surface area contributed by atoms with Crippen LogP contribution >= 0.6 is 0 Å². The van der Waals surface area contributed by atoms with Gasteiger partial charge in [-0.15, -0.1) is 0 Å². The van der Waals surface area contributed by atoms with Gasteiger partial charge in [0.25, 0.3) is 0 Å². The molecule has 1 atom stereocenters. The predicted molar refractivity (Wildman–Crippen MR) is 58.2 cm³/mol. The molecule has 1 saturated heterocycles. The molecule has 0 aliphatic carbocycles. The highest BCUT2D eigenvalue weighted by Gasteiger charge is 2.40. The molecule has 1 aliphatic rings. The molecule has 0 radical (unpaired) electrons. The summed E-state index contributed by atoms with van der Waals surface area (Å²) in [6.45, 7) is 6.04. The number of hydrogen-bond donors (Lipinski definition) is 1. The molecule has 3 nitrogen and oxygen atoms in total. The quantitative estimate of drug-likeness (QED) is 0.740. The van der Waals surface area contributed by atoms with Crippen LogP contribution in [0.15, 0.2) is 0 Å². The summed E-state index contributed by atoms with van der Waals surface area (Å²) in [5.41, 5.74) is -0.246. The van der Waals surface area contributed by atoms with Gasteiger partial charge in [0.05, 0.1) is 5.54 Å². The van der Waals surface area contributed by atoms with Gasteiger partial charge in [-0.05, 0) is 32.2 Å². The number of rotatable bonds is 4. The largest absolute Gasteiger partial charge is 0.344 e. The van der Waals surface area contributed by atoms with E-state index < -0.39 is 0 Å². The Kier molecular flexibility index (Phi) is 3.93. The van der Waals surface area contributed by atoms with Crippen LogP contribution in [0.5, 0.6) is 0 Å². The first kappa shape index (κ1) is 11.5. The van der Waals surface area contributed by atoms with Gasteiger partial charge in [0.1, 0.15) is 0 Å². The van der Waals surface area contributed by atoms with Crippen molar-refractivity contribution in [3.63, 3.8) is 0 Å². The topological polar surface area (TPSA) is 32.3 Å². The van der Waals surface area contributed by atoms with Crippen LogP contribution < -0.4 is 5.32 Å². The molecule has 1 amide bonds. The Morgan fingerprint density at radius 2 is 2.21 bits per heavy atom. The summed E-state index contributed by atoms with van der Waals surface area (Å²) in [5.74, 6) is 0.277. The van der Waals surface area contributed by atoms with Gasteiger partial charge < -0.3 is 10.2 Å². The SMILES string of the molecule is CCCN(C)C(=O)C1(CC)CCCN1. The van der Waals surface area contributed by atoms with Gasteiger partial charge in [-0.1, -0.05) is 13.8 Å². The highest BCUT2D eigenvalue weighted by atomic mass is 16.2. The first-order chi connectivity index (χ1) is 6.66. The Morgan fingerprint density at radius 3 is 2.64 bits per heavy atom. The normalized spacial score (nSPS) is 26.5. The van der Waals surface area contributed by atoms with Gasteiger partial charge in [-0.25, -0.2) is 0 Å². The third-order valence-corrected chi connectivity index (χ3v) is 3.16. The van der Waals surface area contributed by atoms with Crippen LogP contribution in [0.25, 0.3) is 0 Å². The fourth-order valence-electron chi connectivity index (χ4n) is 2.24. The number of carbonyl (C=O) groups is 1. The summed E-state index contributed by atoms with van der Waals surface area (Å²) in [6, 6.07) is 0. The average Bonchev–Trinajstić information content (AvgIpc) is 2.66. The van der Waals surface area contributed by atoms with Crippen LogP contribution in [0.1, 0.15) is 39.5 Å². The molecule has 1 aliphatic heterocycles. The Hall–Kier alpha value is -0.570. The zero-order valence-electron chi connectivity index (χ0n) is 9.60. The molecule has 0 saturated carbocycles. The van der Waals surface area contributed by atoms with E-state index in [0.717, 1.165) is 38.8 Å². The number of likely N-dealkylation sites (N-methyl/N-ethyl adjacent to an activating group) is 1. The fourth-order valence-corrected chi connectivity index (χ4v) is 2.24. The summed E-state index contributed by atoms with van der Waals surface area (Å²) < 4.78 is 0. The van der Waals surface area contributed by atoms with Crippen molar-refractivity contribution >= 4 is 5.91 Å². The van der Waals surface area contributed by atoms with Gasteiger partial charge in [0.2, 0.25) is 5.91 Å². The first-order valence-electron chi connectivity index (χ1n) is 5.67. The van der Waals surface area contributed by atoms with Gasteiger partial charge in [-0.2, -0.15) is 0 Å². The van der Waals surface area contributed by atoms with E-state index in [1.807, 2.05) is 11.9 Å². The van der Waals surface area contributed by atoms with Gasteiger partial charge >= 0.3 is 0 Å². The molecule has 3 heteroatoms. The molecular formula is C11H22N2O. The molecule has 0 aromatic heterocycles. The lowest BCUT2D eigenvalue weighted by Crippen LogP contribution is -2.53. The Bertz CT molecular complexity index is 197. The lowest BCUT2D eigenvalue weighted by atomic mass is 9.92. The maximum atomic E-state index is 12.2. The molecule has 1 rings (SSSR count). The van der Waals surface area contributed by atoms with E-state index >= 15 is 0 Å². The summed E-state index contributed by atoms with van der Waals surface area (Å²) in [4.78, 5) is 14.0. The van der Waals surface area contributed by atoms with Crippen molar-refractivity contribution in [2.75, 3.05) is 20.1 Å². The number of nitrogens with zero attached hydrogens (tertiary/aromatic N) is 1. The van der Waals surface area contributed by atoms with Crippen molar-refractivity contribution in [2.24, 2.45) is 0 Å². The summed E-state index contributed by atoms with van der Waals surface area (Å²) in [5, 5.41) is 3.37. The van der Waals surface area contributed by atoms with Gasteiger partial charge in [0.15, 0.2) is 0 Å². The zero-order valence-corrected chi connectivity index (χ0v) is 9.60. The molecule has 0 spiro atoms. The number of carbonyl (C=O) groups excluding carboxylic acids is 1. The zero-order chi connectivity index (χ0) is 10.6. The van der Waals surface area contributed by atoms with Crippen molar-refractivity contribution in [1.82, 2.24) is 10.2 Å². The molecular weight excluding hydrogens is 176 g/mol. The maximum absolute atomic E-state index is 12.2. The molecule has 0 aromatic carbocycles. The highest BCUT2D eigenvalue weighted by Crippen LogP contribution is 2.24. The second-order valence-electron chi connectivity index (χ2n) is 4.19. The van der Waals surface area contributed by atoms with E-state index in [1.165, 1.54) is 0 Å². The Labute approximate surface area is 86.9 Å². The molecule has 1 heterocycles. The van der Waals surface area contributed by atoms with Gasteiger partial charge in [-0.3, -0.25) is 4.79 Å². The van der Waals surface area contributed by atoms with E-state index in [9.17, 15) is 4.79 Å². The Morgan fingerprint density at radius 1 is 1.50 bits per heavy atom. The number of nitrogens with one attached hydrogen (secondary N) is 1. The van der Waals surface area contributed by atoms with Crippen molar-refractivity contribution < 1.29 is 4.79 Å². The molecule has 82 valence electrons. The molecule has 0 bridgehead atoms. The van der Waals surface area contributed by atoms with Crippen LogP contribution in [0.2, 0.25) is 0 Å². The standard InChI is InChI=1S/C11H22N2O/c1-4-9-13(3)10(14)11(5-2)7-6-8-12-11/h12H,4-9H2,1-3H3. The first-order valence-corrected chi connectivity index (χ1v) is 5.67. The van der Waals surface area contributed by atoms with Crippen LogP contribution in [0, 0.1) is 0 Å². The second kappa shape index (κ2) is 4.78. The van der Waals surface area contributed by atoms with E-state index in [-0.39, 0.29) is 11.4 Å². The van der Waals surface area contributed by atoms with Crippen LogP contribution in [0.4, 0.5) is 0 Å². The molecule has 1 N–H and O–H groups in total. The number of amides is 1. The molecule has 0 aromatic rings. The van der Waals surface area contributed by atoms with Crippen LogP contribution in [-0.2, 0) is 4.79 Å². The fraction of sp³-hybridized carbons (Fsp3) is 0.909. The smallest absolute Gasteiger partial charge is 0.242 e. The highest BCUT2D eigenvalue weighted by molar-refractivity contribution is 5.86. The van der Waals surface area contributed by atoms with E-state index in [4.69, 9.17) is 0 Å². The van der Waals surface area contributed by atoms with Crippen molar-refractivity contribution in [3.05, 3.63) is 0 Å². The monoisotopic (exact) mass is 198 g/mol. The third-order valence-electron chi connectivity index (χ3n) is 3.16. The summed E-state index contributed by atoms with van der Waals surface area (Å²) in [6.07, 6.45) is 4.05. The Balaban J connectivity index is 2.64. The summed E-state index contributed by atoms with van der Waals surface area (Å²) in [7, 11) is 1.91. The van der Waals surface area contributed by atoms with Gasteiger partial charge in [0, 0.05) is 13.6 Å². The number of hydrogen-bond acceptors (Lipinski definition) is 2. The average molecular weight is 198 g/mol. The van der Waals surface area contributed by atoms with Crippen molar-refractivity contribution in [2.45, 2.75) is 45.1 Å². The van der Waals surface area contributed by atoms with E-state index in [1.54, 1.807) is 0 Å². The van der Waals surface area contributed by atoms with E-state index in [2.05, 4.69) is 19.2 Å². The third kappa shape index (κ3) is 2.08. The second-order valence-corrected chi connectivity index (χ2v) is 4.19. The molecule has 1 unspecified atom stereocenters. The lowest BCUT2D eigenvalue weighted by molar-refractivity contribution is -0.136. The predicted octanol–water partition coefficient (Wildman–Crippen LogP) is 1.39. The van der Waals surface area contributed by atoms with Crippen molar-refractivity contribution in [3.8, 4) is 0 Å². The maximum Gasteiger partial charge on any atom is 0.242 e. The van der Waals surface area contributed by atoms with Crippen LogP contribution in [-0.4, -0.2) is 36.5 Å². The lowest BCUT2D eigenvalue weighted by Gasteiger charge is -2.31. The summed E-state index contributed by atoms with van der Waals surface area (Å²) >= 11 is 0. The van der Waals surface area contributed by atoms with Crippen LogP contribution in [0.3, 0.4) is 0 Å². The minimum atomic E-state index is -0.246.